The van der Waals surface area contributed by atoms with E-state index < -0.39 is 12.1 Å². The lowest BCUT2D eigenvalue weighted by molar-refractivity contribution is -0.150. The number of rotatable bonds is 39. The molecule has 0 fully saturated rings. The zero-order valence-corrected chi connectivity index (χ0v) is 36.4. The zero-order chi connectivity index (χ0) is 41.0. The summed E-state index contributed by atoms with van der Waals surface area (Å²) in [6, 6.07) is 0. The molecule has 0 aliphatic carbocycles. The predicted octanol–water partition coefficient (Wildman–Crippen LogP) is 13.0. The molecule has 0 amide bonds. The molecule has 1 atom stereocenters. The second-order valence-corrected chi connectivity index (χ2v) is 15.3. The summed E-state index contributed by atoms with van der Waals surface area (Å²) in [5.41, 5.74) is 3.23. The minimum atomic E-state index is -0.773. The number of hydrogen-bond acceptors (Lipinski definition) is 8. The first-order valence-corrected chi connectivity index (χ1v) is 22.5. The largest absolute Gasteiger partial charge is 0.508 e. The Hall–Kier alpha value is -3.09. The van der Waals surface area contributed by atoms with E-state index in [9.17, 15) is 14.4 Å². The van der Waals surface area contributed by atoms with E-state index in [1.54, 1.807) is 0 Å². The molecule has 0 aliphatic rings. The van der Waals surface area contributed by atoms with E-state index >= 15 is 0 Å². The first-order chi connectivity index (χ1) is 27.4. The number of esters is 2. The second-order valence-electron chi connectivity index (χ2n) is 15.3. The molecule has 0 rings (SSSR count). The molecule has 56 heavy (non-hydrogen) atoms. The van der Waals surface area contributed by atoms with E-state index in [0.717, 1.165) is 90.0 Å². The summed E-state index contributed by atoms with van der Waals surface area (Å²) >= 11 is 0. The van der Waals surface area contributed by atoms with E-state index in [4.69, 9.17) is 18.9 Å². The molecule has 0 aromatic carbocycles. The highest BCUT2D eigenvalue weighted by Gasteiger charge is 2.18. The van der Waals surface area contributed by atoms with Crippen molar-refractivity contribution in [2.75, 3.05) is 47.1 Å². The van der Waals surface area contributed by atoms with Crippen LogP contribution in [0.15, 0.2) is 54.3 Å². The topological polar surface area (TPSA) is 91.4 Å². The average molecular weight is 786 g/mol. The molecule has 8 nitrogen and oxygen atoms in total. The monoisotopic (exact) mass is 786 g/mol. The fourth-order valence-corrected chi connectivity index (χ4v) is 5.84. The van der Waals surface area contributed by atoms with Crippen LogP contribution in [0.3, 0.4) is 0 Å². The van der Waals surface area contributed by atoms with Crippen LogP contribution in [0, 0.1) is 5.92 Å². The van der Waals surface area contributed by atoms with E-state index in [2.05, 4.69) is 62.1 Å². The smallest absolute Gasteiger partial charge is 0.465 e. The summed E-state index contributed by atoms with van der Waals surface area (Å²) in [5.74, 6) is -1.03. The maximum atomic E-state index is 12.5. The maximum Gasteiger partial charge on any atom is 0.508 e. The van der Waals surface area contributed by atoms with Gasteiger partial charge in [0.05, 0.1) is 12.5 Å². The fourth-order valence-electron chi connectivity index (χ4n) is 5.84. The van der Waals surface area contributed by atoms with Crippen LogP contribution < -0.4 is 0 Å². The zero-order valence-electron chi connectivity index (χ0n) is 36.4. The summed E-state index contributed by atoms with van der Waals surface area (Å²) in [7, 11) is 3.91. The molecular formula is C48H83NO7. The van der Waals surface area contributed by atoms with E-state index in [-0.39, 0.29) is 38.4 Å². The minimum absolute atomic E-state index is 0.0150. The number of carbonyl (C=O) groups excluding carboxylic acids is 3. The minimum Gasteiger partial charge on any atom is -0.465 e. The average Bonchev–Trinajstić information content (AvgIpc) is 3.18. The van der Waals surface area contributed by atoms with E-state index in [1.807, 2.05) is 25.1 Å². The van der Waals surface area contributed by atoms with Crippen molar-refractivity contribution in [2.45, 2.75) is 181 Å². The van der Waals surface area contributed by atoms with Gasteiger partial charge in [-0.1, -0.05) is 127 Å². The van der Waals surface area contributed by atoms with Crippen LogP contribution in [-0.2, 0) is 28.5 Å². The van der Waals surface area contributed by atoms with Crippen molar-refractivity contribution in [1.82, 2.24) is 4.90 Å². The van der Waals surface area contributed by atoms with Crippen molar-refractivity contribution in [1.29, 1.82) is 0 Å². The lowest BCUT2D eigenvalue weighted by Gasteiger charge is -2.17. The summed E-state index contributed by atoms with van der Waals surface area (Å²) < 4.78 is 21.5. The van der Waals surface area contributed by atoms with Gasteiger partial charge in [0.2, 0.25) is 0 Å². The lowest BCUT2D eigenvalue weighted by atomic mass is 10.1. The Balaban J connectivity index is 4.28. The maximum absolute atomic E-state index is 12.5. The van der Waals surface area contributed by atoms with Gasteiger partial charge in [-0.15, -0.1) is 5.73 Å². The molecule has 8 heteroatoms. The molecule has 0 N–H and O–H groups in total. The number of hydrogen-bond donors (Lipinski definition) is 0. The quantitative estimate of drug-likeness (QED) is 0.0152. The van der Waals surface area contributed by atoms with Gasteiger partial charge < -0.3 is 23.8 Å². The molecule has 1 unspecified atom stereocenters. The highest BCUT2D eigenvalue weighted by Crippen LogP contribution is 2.12. The summed E-state index contributed by atoms with van der Waals surface area (Å²) in [5, 5.41) is 0. The third-order valence-corrected chi connectivity index (χ3v) is 9.35. The van der Waals surface area contributed by atoms with Gasteiger partial charge in [0.1, 0.15) is 19.8 Å². The Kier molecular flexibility index (Phi) is 40.7. The van der Waals surface area contributed by atoms with Gasteiger partial charge in [0.25, 0.3) is 0 Å². The van der Waals surface area contributed by atoms with Gasteiger partial charge in [0.15, 0.2) is 0 Å². The van der Waals surface area contributed by atoms with Crippen LogP contribution in [0.25, 0.3) is 0 Å². The molecule has 0 aromatic heterocycles. The van der Waals surface area contributed by atoms with Crippen molar-refractivity contribution in [3.8, 4) is 0 Å². The fraction of sp³-hybridized carbons (Fsp3) is 0.750. The number of unbranched alkanes of at least 4 members (excludes halogenated alkanes) is 18. The molecule has 0 bridgehead atoms. The number of allylic oxidation sites excluding steroid dienone is 7. The standard InChI is InChI=1S/C48H83NO7/c1-5-7-9-11-13-15-17-19-21-23-25-27-29-31-33-35-38-46(50)54-42-45(44-56-48(52)53-41-37-40-49(3)4)43-55-47(51)39-36-34-32-30-28-26-24-22-20-18-16-14-12-10-8-6-2/h13,16-19,21-22,24,45H,5-12,14,20,23,25-44H2,1-4H3/b18-16-,21-19-,24-22-. The van der Waals surface area contributed by atoms with Crippen molar-refractivity contribution in [3.05, 3.63) is 54.3 Å². The van der Waals surface area contributed by atoms with Gasteiger partial charge in [-0.2, -0.15) is 0 Å². The number of ether oxygens (including phenoxy) is 4. The van der Waals surface area contributed by atoms with Crippen molar-refractivity contribution < 1.29 is 33.3 Å². The van der Waals surface area contributed by atoms with Gasteiger partial charge in [0, 0.05) is 19.4 Å². The summed E-state index contributed by atoms with van der Waals surface area (Å²) in [4.78, 5) is 39.1. The normalized spacial score (nSPS) is 12.0. The van der Waals surface area contributed by atoms with Crippen molar-refractivity contribution in [2.24, 2.45) is 5.92 Å². The Labute approximate surface area is 343 Å². The van der Waals surface area contributed by atoms with Gasteiger partial charge >= 0.3 is 18.1 Å². The highest BCUT2D eigenvalue weighted by atomic mass is 16.7. The van der Waals surface area contributed by atoms with Crippen LogP contribution in [-0.4, -0.2) is 70.1 Å². The molecule has 0 spiro atoms. The highest BCUT2D eigenvalue weighted by molar-refractivity contribution is 5.69. The molecule has 322 valence electrons. The van der Waals surface area contributed by atoms with Crippen LogP contribution in [0.4, 0.5) is 4.79 Å². The molecule has 0 heterocycles. The lowest BCUT2D eigenvalue weighted by Crippen LogP contribution is -2.27. The molecule has 0 aliphatic heterocycles. The SMILES string of the molecule is CCCCCC=C=C/C=C\CCCCCCCCC(=O)OCC(COC(=O)CCCCCCC/C=C\C/C=C\CCCCCC)COC(=O)OCCCN(C)C. The van der Waals surface area contributed by atoms with Gasteiger partial charge in [-0.3, -0.25) is 9.59 Å². The first-order valence-electron chi connectivity index (χ1n) is 22.5. The van der Waals surface area contributed by atoms with Crippen LogP contribution >= 0.6 is 0 Å². The summed E-state index contributed by atoms with van der Waals surface area (Å²) in [6.07, 6.45) is 44.1. The Morgan fingerprint density at radius 3 is 1.59 bits per heavy atom. The molecule has 0 saturated heterocycles. The van der Waals surface area contributed by atoms with Gasteiger partial charge in [-0.25, -0.2) is 4.79 Å². The molecule has 0 aromatic rings. The van der Waals surface area contributed by atoms with Crippen LogP contribution in [0.5, 0.6) is 0 Å². The second kappa shape index (κ2) is 43.0. The Bertz CT molecular complexity index is 1070. The number of carbonyl (C=O) groups is 3. The van der Waals surface area contributed by atoms with Crippen LogP contribution in [0.1, 0.15) is 181 Å². The van der Waals surface area contributed by atoms with E-state index in [1.165, 1.54) is 64.2 Å². The molecular weight excluding hydrogens is 703 g/mol. The molecule has 0 saturated carbocycles. The number of nitrogens with zero attached hydrogens (tertiary/aromatic N) is 1. The van der Waals surface area contributed by atoms with E-state index in [0.29, 0.717) is 19.3 Å². The Morgan fingerprint density at radius 2 is 1.02 bits per heavy atom. The third-order valence-electron chi connectivity index (χ3n) is 9.35. The van der Waals surface area contributed by atoms with Crippen LogP contribution in [0.2, 0.25) is 0 Å². The molecule has 0 radical (unpaired) electrons. The van der Waals surface area contributed by atoms with Crippen molar-refractivity contribution in [3.63, 3.8) is 0 Å². The Morgan fingerprint density at radius 1 is 0.536 bits per heavy atom. The summed E-state index contributed by atoms with van der Waals surface area (Å²) in [6.45, 7) is 5.49. The third kappa shape index (κ3) is 42.1. The van der Waals surface area contributed by atoms with Crippen molar-refractivity contribution >= 4 is 18.1 Å². The first kappa shape index (κ1) is 52.9. The van der Waals surface area contributed by atoms with Gasteiger partial charge in [-0.05, 0) is 103 Å². The predicted molar refractivity (Wildman–Crippen MR) is 233 cm³/mol.